The second-order valence-corrected chi connectivity index (χ2v) is 5.21. The molecule has 0 amide bonds. The van der Waals surface area contributed by atoms with Crippen LogP contribution in [0.5, 0.6) is 0 Å². The van der Waals surface area contributed by atoms with Gasteiger partial charge in [-0.3, -0.25) is 0 Å². The summed E-state index contributed by atoms with van der Waals surface area (Å²) in [5, 5.41) is 4.35. The molecule has 0 aromatic heterocycles. The third kappa shape index (κ3) is 7.17. The molecule has 90 valence electrons. The van der Waals surface area contributed by atoms with E-state index in [0.717, 1.165) is 31.4 Å². The van der Waals surface area contributed by atoms with E-state index in [2.05, 4.69) is 17.1 Å². The summed E-state index contributed by atoms with van der Waals surface area (Å²) >= 11 is 2.11. The summed E-state index contributed by atoms with van der Waals surface area (Å²) in [5.74, 6) is 1.35. The first-order valence-electron chi connectivity index (χ1n) is 5.82. The largest absolute Gasteiger partial charge is 0.382 e. The minimum atomic E-state index is 0.701. The van der Waals surface area contributed by atoms with Gasteiger partial charge in [-0.15, -0.1) is 0 Å². The van der Waals surface area contributed by atoms with Gasteiger partial charge in [-0.05, 0) is 31.6 Å². The quantitative estimate of drug-likeness (QED) is 0.612. The number of ether oxygens (including phenoxy) is 2. The first kappa shape index (κ1) is 13.3. The highest BCUT2D eigenvalue weighted by Gasteiger charge is 2.14. The maximum absolute atomic E-state index is 5.38. The molecule has 3 nitrogen and oxygen atoms in total. The lowest BCUT2D eigenvalue weighted by atomic mass is 10.2. The van der Waals surface area contributed by atoms with Crippen molar-refractivity contribution in [3.05, 3.63) is 0 Å². The van der Waals surface area contributed by atoms with Gasteiger partial charge in [-0.1, -0.05) is 0 Å². The number of nitrogens with one attached hydrogen (secondary N) is 1. The maximum atomic E-state index is 5.38. The fourth-order valence-electron chi connectivity index (χ4n) is 1.61. The third-order valence-corrected chi connectivity index (χ3v) is 3.87. The van der Waals surface area contributed by atoms with Gasteiger partial charge in [0.05, 0.1) is 13.2 Å². The van der Waals surface area contributed by atoms with Crippen LogP contribution in [-0.4, -0.2) is 51.0 Å². The van der Waals surface area contributed by atoms with E-state index in [9.17, 15) is 0 Å². The number of hydrogen-bond acceptors (Lipinski definition) is 4. The Labute approximate surface area is 97.3 Å². The van der Waals surface area contributed by atoms with Crippen molar-refractivity contribution in [1.29, 1.82) is 0 Å². The number of rotatable bonds is 9. The summed E-state index contributed by atoms with van der Waals surface area (Å²) in [5.41, 5.74) is 0. The minimum absolute atomic E-state index is 0.701. The van der Waals surface area contributed by atoms with Crippen molar-refractivity contribution in [3.8, 4) is 0 Å². The molecule has 4 heteroatoms. The standard InChI is InChI=1S/C11H23NO2S/c1-13-7-8-14-6-3-5-12-10-11-4-2-9-15-11/h11-12H,2-10H2,1H3. The van der Waals surface area contributed by atoms with Crippen LogP contribution in [0.3, 0.4) is 0 Å². The molecule has 1 unspecified atom stereocenters. The fourth-order valence-corrected chi connectivity index (χ4v) is 2.85. The number of methoxy groups -OCH3 is 1. The summed E-state index contributed by atoms with van der Waals surface area (Å²) in [7, 11) is 1.70. The molecule has 1 rings (SSSR count). The van der Waals surface area contributed by atoms with E-state index in [4.69, 9.17) is 9.47 Å². The Morgan fingerprint density at radius 1 is 1.33 bits per heavy atom. The topological polar surface area (TPSA) is 30.5 Å². The molecule has 1 saturated heterocycles. The van der Waals surface area contributed by atoms with Gasteiger partial charge in [0.2, 0.25) is 0 Å². The maximum Gasteiger partial charge on any atom is 0.0700 e. The Morgan fingerprint density at radius 3 is 3.00 bits per heavy atom. The second kappa shape index (κ2) is 9.46. The average molecular weight is 233 g/mol. The molecular formula is C11H23NO2S. The van der Waals surface area contributed by atoms with Crippen molar-refractivity contribution < 1.29 is 9.47 Å². The van der Waals surface area contributed by atoms with Crippen LogP contribution in [0.4, 0.5) is 0 Å². The van der Waals surface area contributed by atoms with Crippen LogP contribution in [0.15, 0.2) is 0 Å². The minimum Gasteiger partial charge on any atom is -0.382 e. The van der Waals surface area contributed by atoms with Gasteiger partial charge in [-0.25, -0.2) is 0 Å². The van der Waals surface area contributed by atoms with Gasteiger partial charge in [-0.2, -0.15) is 11.8 Å². The van der Waals surface area contributed by atoms with Gasteiger partial charge in [0.1, 0.15) is 0 Å². The summed E-state index contributed by atoms with van der Waals surface area (Å²) < 4.78 is 10.3. The van der Waals surface area contributed by atoms with Crippen LogP contribution in [-0.2, 0) is 9.47 Å². The van der Waals surface area contributed by atoms with Gasteiger partial charge in [0.25, 0.3) is 0 Å². The van der Waals surface area contributed by atoms with Crippen LogP contribution >= 0.6 is 11.8 Å². The van der Waals surface area contributed by atoms with Crippen LogP contribution < -0.4 is 5.32 Å². The molecule has 1 atom stereocenters. The first-order valence-corrected chi connectivity index (χ1v) is 6.87. The van der Waals surface area contributed by atoms with E-state index in [-0.39, 0.29) is 0 Å². The highest BCUT2D eigenvalue weighted by Crippen LogP contribution is 2.25. The predicted octanol–water partition coefficient (Wildman–Crippen LogP) is 1.52. The second-order valence-electron chi connectivity index (χ2n) is 3.80. The lowest BCUT2D eigenvalue weighted by Crippen LogP contribution is -2.25. The molecule has 0 aromatic carbocycles. The van der Waals surface area contributed by atoms with Crippen molar-refractivity contribution in [2.45, 2.75) is 24.5 Å². The molecule has 1 aliphatic heterocycles. The van der Waals surface area contributed by atoms with Gasteiger partial charge in [0.15, 0.2) is 0 Å². The molecule has 1 N–H and O–H groups in total. The summed E-state index contributed by atoms with van der Waals surface area (Å²) in [6, 6.07) is 0. The number of thioether (sulfide) groups is 1. The van der Waals surface area contributed by atoms with E-state index in [1.54, 1.807) is 7.11 Å². The van der Waals surface area contributed by atoms with Gasteiger partial charge >= 0.3 is 0 Å². The average Bonchev–Trinajstić information content (AvgIpc) is 2.75. The molecule has 0 aliphatic carbocycles. The third-order valence-electron chi connectivity index (χ3n) is 2.47. The molecule has 1 heterocycles. The zero-order chi connectivity index (χ0) is 10.8. The summed E-state index contributed by atoms with van der Waals surface area (Å²) in [6.45, 7) is 4.50. The molecule has 0 spiro atoms. The SMILES string of the molecule is COCCOCCCNCC1CCCS1. The Bertz CT molecular complexity index is 141. The fraction of sp³-hybridized carbons (Fsp3) is 1.00. The highest BCUT2D eigenvalue weighted by molar-refractivity contribution is 8.00. The number of hydrogen-bond donors (Lipinski definition) is 1. The van der Waals surface area contributed by atoms with Crippen molar-refractivity contribution in [1.82, 2.24) is 5.32 Å². The molecule has 15 heavy (non-hydrogen) atoms. The molecule has 1 aliphatic rings. The van der Waals surface area contributed by atoms with Crippen LogP contribution in [0.25, 0.3) is 0 Å². The Morgan fingerprint density at radius 2 is 2.27 bits per heavy atom. The molecule has 0 aromatic rings. The highest BCUT2D eigenvalue weighted by atomic mass is 32.2. The molecular weight excluding hydrogens is 210 g/mol. The summed E-state index contributed by atoms with van der Waals surface area (Å²) in [4.78, 5) is 0. The van der Waals surface area contributed by atoms with Crippen molar-refractivity contribution in [3.63, 3.8) is 0 Å². The zero-order valence-corrected chi connectivity index (χ0v) is 10.5. The Kier molecular flexibility index (Phi) is 8.38. The van der Waals surface area contributed by atoms with Crippen molar-refractivity contribution in [2.75, 3.05) is 45.8 Å². The van der Waals surface area contributed by atoms with E-state index in [0.29, 0.717) is 6.61 Å². The van der Waals surface area contributed by atoms with E-state index in [1.165, 1.54) is 25.1 Å². The van der Waals surface area contributed by atoms with E-state index in [1.807, 2.05) is 0 Å². The van der Waals surface area contributed by atoms with Crippen molar-refractivity contribution in [2.24, 2.45) is 0 Å². The normalized spacial score (nSPS) is 21.0. The Hall–Kier alpha value is 0.230. The molecule has 0 saturated carbocycles. The van der Waals surface area contributed by atoms with Crippen molar-refractivity contribution >= 4 is 11.8 Å². The van der Waals surface area contributed by atoms with E-state index >= 15 is 0 Å². The van der Waals surface area contributed by atoms with E-state index < -0.39 is 0 Å². The first-order chi connectivity index (χ1) is 7.43. The molecule has 0 bridgehead atoms. The van der Waals surface area contributed by atoms with Crippen LogP contribution in [0.2, 0.25) is 0 Å². The monoisotopic (exact) mass is 233 g/mol. The predicted molar refractivity (Wildman–Crippen MR) is 65.7 cm³/mol. The Balaban J connectivity index is 1.73. The molecule has 1 fully saturated rings. The molecule has 0 radical (unpaired) electrons. The zero-order valence-electron chi connectivity index (χ0n) is 9.67. The van der Waals surface area contributed by atoms with Crippen LogP contribution in [0, 0.1) is 0 Å². The lowest BCUT2D eigenvalue weighted by Gasteiger charge is -2.09. The van der Waals surface area contributed by atoms with Crippen LogP contribution in [0.1, 0.15) is 19.3 Å². The van der Waals surface area contributed by atoms with Gasteiger partial charge < -0.3 is 14.8 Å². The summed E-state index contributed by atoms with van der Waals surface area (Å²) in [6.07, 6.45) is 3.89. The van der Waals surface area contributed by atoms with Gasteiger partial charge in [0, 0.05) is 25.5 Å². The smallest absolute Gasteiger partial charge is 0.0700 e. The lowest BCUT2D eigenvalue weighted by molar-refractivity contribution is 0.0695.